The Hall–Kier alpha value is -0.880. The molecular weight excluding hydrogens is 250 g/mol. The molecule has 5 nitrogen and oxygen atoms in total. The smallest absolute Gasteiger partial charge is 0.198 e. The first kappa shape index (κ1) is 13.2. The Labute approximate surface area is 102 Å². The maximum atomic E-state index is 11.2. The minimum atomic E-state index is -0.878. The third-order valence-corrected chi connectivity index (χ3v) is 3.66. The monoisotopic (exact) mass is 263 g/mol. The van der Waals surface area contributed by atoms with Gasteiger partial charge in [0.05, 0.1) is 7.11 Å². The molecule has 0 amide bonds. The van der Waals surface area contributed by atoms with E-state index in [0.717, 1.165) is 0 Å². The third kappa shape index (κ3) is 3.31. The van der Waals surface area contributed by atoms with Crippen molar-refractivity contribution >= 4 is 28.2 Å². The fourth-order valence-corrected chi connectivity index (χ4v) is 1.55. The number of anilines is 1. The number of rotatable bonds is 5. The summed E-state index contributed by atoms with van der Waals surface area (Å²) in [6.45, 7) is 2.42. The Balaban J connectivity index is 2.74. The summed E-state index contributed by atoms with van der Waals surface area (Å²) >= 11 is 5.83. The van der Waals surface area contributed by atoms with Crippen molar-refractivity contribution in [3.05, 3.63) is 11.5 Å². The largest absolute Gasteiger partial charge is 0.490 e. The number of nitrogens with one attached hydrogen (secondary N) is 1. The summed E-state index contributed by atoms with van der Waals surface area (Å²) < 4.78 is 16.2. The summed E-state index contributed by atoms with van der Waals surface area (Å²) in [4.78, 5) is 7.81. The highest BCUT2D eigenvalue weighted by molar-refractivity contribution is 7.84. The van der Waals surface area contributed by atoms with Gasteiger partial charge in [0.2, 0.25) is 0 Å². The summed E-state index contributed by atoms with van der Waals surface area (Å²) in [6, 6.07) is 0. The summed E-state index contributed by atoms with van der Waals surface area (Å²) in [6.07, 6.45) is 3.01. The van der Waals surface area contributed by atoms with Gasteiger partial charge < -0.3 is 10.1 Å². The van der Waals surface area contributed by atoms with Gasteiger partial charge in [-0.15, -0.1) is 0 Å². The lowest BCUT2D eigenvalue weighted by molar-refractivity contribution is 0.413. The predicted molar refractivity (Wildman–Crippen MR) is 65.6 cm³/mol. The molecule has 1 heterocycles. The van der Waals surface area contributed by atoms with E-state index in [9.17, 15) is 4.21 Å². The van der Waals surface area contributed by atoms with E-state index in [1.807, 2.05) is 6.92 Å². The van der Waals surface area contributed by atoms with Crippen LogP contribution in [0.5, 0.6) is 5.75 Å². The van der Waals surface area contributed by atoms with E-state index in [1.54, 1.807) is 6.26 Å². The van der Waals surface area contributed by atoms with Crippen LogP contribution in [0.3, 0.4) is 0 Å². The molecule has 1 aromatic rings. The normalized spacial score (nSPS) is 14.2. The zero-order valence-corrected chi connectivity index (χ0v) is 10.9. The Morgan fingerprint density at radius 3 is 2.88 bits per heavy atom. The maximum Gasteiger partial charge on any atom is 0.198 e. The van der Waals surface area contributed by atoms with Crippen LogP contribution < -0.4 is 10.1 Å². The van der Waals surface area contributed by atoms with Gasteiger partial charge in [0.25, 0.3) is 0 Å². The van der Waals surface area contributed by atoms with Gasteiger partial charge in [0.1, 0.15) is 6.33 Å². The Bertz CT molecular complexity index is 389. The van der Waals surface area contributed by atoms with E-state index >= 15 is 0 Å². The zero-order valence-electron chi connectivity index (χ0n) is 9.36. The topological polar surface area (TPSA) is 64.1 Å². The van der Waals surface area contributed by atoms with Crippen LogP contribution in [0.1, 0.15) is 6.92 Å². The first-order chi connectivity index (χ1) is 7.56. The fourth-order valence-electron chi connectivity index (χ4n) is 1.02. The molecule has 0 aliphatic heterocycles. The molecule has 7 heteroatoms. The van der Waals surface area contributed by atoms with Crippen molar-refractivity contribution in [3.8, 4) is 5.75 Å². The van der Waals surface area contributed by atoms with Crippen molar-refractivity contribution in [1.29, 1.82) is 0 Å². The molecule has 0 radical (unpaired) electrons. The average molecular weight is 264 g/mol. The number of aromatic nitrogens is 2. The van der Waals surface area contributed by atoms with Gasteiger partial charge in [-0.25, -0.2) is 9.97 Å². The second kappa shape index (κ2) is 6.00. The summed E-state index contributed by atoms with van der Waals surface area (Å²) in [7, 11) is 0.620. The molecule has 0 fully saturated rings. The molecular formula is C9H14ClN3O2S. The van der Waals surface area contributed by atoms with E-state index in [4.69, 9.17) is 16.3 Å². The van der Waals surface area contributed by atoms with E-state index in [1.165, 1.54) is 13.4 Å². The number of hydrogen-bond acceptors (Lipinski definition) is 5. The Morgan fingerprint density at radius 2 is 2.31 bits per heavy atom. The van der Waals surface area contributed by atoms with E-state index in [0.29, 0.717) is 18.1 Å². The summed E-state index contributed by atoms with van der Waals surface area (Å²) in [5, 5.41) is 3.31. The number of ether oxygens (including phenoxy) is 1. The van der Waals surface area contributed by atoms with Crippen molar-refractivity contribution in [2.45, 2.75) is 12.2 Å². The molecule has 0 saturated heterocycles. The SMILES string of the molecule is COc1c(Cl)ncnc1NCC(C)S(C)=O. The lowest BCUT2D eigenvalue weighted by Gasteiger charge is -2.13. The van der Waals surface area contributed by atoms with Crippen molar-refractivity contribution < 1.29 is 8.95 Å². The first-order valence-electron chi connectivity index (χ1n) is 4.66. The van der Waals surface area contributed by atoms with Crippen molar-refractivity contribution in [2.24, 2.45) is 0 Å². The molecule has 0 bridgehead atoms. The van der Waals surface area contributed by atoms with Gasteiger partial charge in [-0.3, -0.25) is 4.21 Å². The predicted octanol–water partition coefficient (Wildman–Crippen LogP) is 1.32. The van der Waals surface area contributed by atoms with Gasteiger partial charge in [-0.1, -0.05) is 11.6 Å². The molecule has 1 aromatic heterocycles. The Kier molecular flexibility index (Phi) is 4.95. The van der Waals surface area contributed by atoms with Gasteiger partial charge >= 0.3 is 0 Å². The molecule has 0 aliphatic rings. The number of nitrogens with zero attached hydrogens (tertiary/aromatic N) is 2. The molecule has 16 heavy (non-hydrogen) atoms. The maximum absolute atomic E-state index is 11.2. The molecule has 0 spiro atoms. The standard InChI is InChI=1S/C9H14ClN3O2S/c1-6(16(3)14)4-11-9-7(15-2)8(10)12-5-13-9/h5-6H,4H2,1-3H3,(H,11,12,13). The fraction of sp³-hybridized carbons (Fsp3) is 0.556. The van der Waals surface area contributed by atoms with Crippen LogP contribution >= 0.6 is 11.6 Å². The summed E-state index contributed by atoms with van der Waals surface area (Å²) in [5.41, 5.74) is 0. The third-order valence-electron chi connectivity index (χ3n) is 2.09. The first-order valence-corrected chi connectivity index (χ1v) is 6.66. The highest BCUT2D eigenvalue weighted by atomic mass is 35.5. The van der Waals surface area contributed by atoms with Gasteiger partial charge in [0.15, 0.2) is 16.7 Å². The second-order valence-electron chi connectivity index (χ2n) is 3.24. The van der Waals surface area contributed by atoms with Crippen molar-refractivity contribution in [1.82, 2.24) is 9.97 Å². The molecule has 1 N–H and O–H groups in total. The second-order valence-corrected chi connectivity index (χ2v) is 5.40. The minimum Gasteiger partial charge on any atom is -0.490 e. The summed E-state index contributed by atoms with van der Waals surface area (Å²) in [5.74, 6) is 0.915. The molecule has 0 aliphatic carbocycles. The van der Waals surface area contributed by atoms with E-state index in [2.05, 4.69) is 15.3 Å². The molecule has 0 aromatic carbocycles. The minimum absolute atomic E-state index is 0.0263. The van der Waals surface area contributed by atoms with Crippen LogP contribution in [0.4, 0.5) is 5.82 Å². The molecule has 0 saturated carbocycles. The highest BCUT2D eigenvalue weighted by Crippen LogP contribution is 2.28. The van der Waals surface area contributed by atoms with E-state index < -0.39 is 10.8 Å². The van der Waals surface area contributed by atoms with Crippen molar-refractivity contribution in [3.63, 3.8) is 0 Å². The Morgan fingerprint density at radius 1 is 1.62 bits per heavy atom. The van der Waals surface area contributed by atoms with Crippen LogP contribution in [0, 0.1) is 0 Å². The zero-order chi connectivity index (χ0) is 12.1. The quantitative estimate of drug-likeness (QED) is 0.812. The lowest BCUT2D eigenvalue weighted by atomic mass is 10.4. The van der Waals surface area contributed by atoms with E-state index in [-0.39, 0.29) is 10.4 Å². The van der Waals surface area contributed by atoms with Crippen molar-refractivity contribution in [2.75, 3.05) is 25.2 Å². The van der Waals surface area contributed by atoms with Gasteiger partial charge in [-0.05, 0) is 6.92 Å². The van der Waals surface area contributed by atoms with Gasteiger partial charge in [0, 0.05) is 28.9 Å². The average Bonchev–Trinajstić information content (AvgIpc) is 2.25. The van der Waals surface area contributed by atoms with Crippen LogP contribution in [0.25, 0.3) is 0 Å². The molecule has 90 valence electrons. The highest BCUT2D eigenvalue weighted by Gasteiger charge is 2.12. The number of hydrogen-bond donors (Lipinski definition) is 1. The molecule has 1 rings (SSSR count). The number of halogens is 1. The van der Waals surface area contributed by atoms with Crippen LogP contribution in [0.2, 0.25) is 5.15 Å². The molecule has 2 unspecified atom stereocenters. The number of methoxy groups -OCH3 is 1. The van der Waals surface area contributed by atoms with Crippen LogP contribution in [-0.4, -0.2) is 39.3 Å². The van der Waals surface area contributed by atoms with Crippen LogP contribution in [0.15, 0.2) is 6.33 Å². The van der Waals surface area contributed by atoms with Gasteiger partial charge in [-0.2, -0.15) is 0 Å². The lowest BCUT2D eigenvalue weighted by Crippen LogP contribution is -2.21. The van der Waals surface area contributed by atoms with Crippen LogP contribution in [-0.2, 0) is 10.8 Å². The molecule has 2 atom stereocenters.